The summed E-state index contributed by atoms with van der Waals surface area (Å²) in [5.41, 5.74) is 1.59. The van der Waals surface area contributed by atoms with E-state index in [-0.39, 0.29) is 5.78 Å². The van der Waals surface area contributed by atoms with Crippen LogP contribution in [0.2, 0.25) is 0 Å². The van der Waals surface area contributed by atoms with Gasteiger partial charge < -0.3 is 0 Å². The average molecular weight is 214 g/mol. The first-order valence-electron chi connectivity index (χ1n) is 3.26. The molecule has 3 heteroatoms. The monoisotopic (exact) mass is 213 g/mol. The molecule has 0 bridgehead atoms. The Kier molecular flexibility index (Phi) is 2.76. The smallest absolute Gasteiger partial charge is 0.174 e. The summed E-state index contributed by atoms with van der Waals surface area (Å²) in [6, 6.07) is 3.61. The third-order valence-electron chi connectivity index (χ3n) is 1.35. The van der Waals surface area contributed by atoms with Crippen LogP contribution in [0.3, 0.4) is 0 Å². The van der Waals surface area contributed by atoms with Gasteiger partial charge in [-0.25, -0.2) is 0 Å². The normalized spacial score (nSPS) is 9.64. The minimum Gasteiger partial charge on any atom is -0.293 e. The number of nitrogens with zero attached hydrogens (tertiary/aromatic N) is 1. The van der Waals surface area contributed by atoms with Crippen LogP contribution in [0.5, 0.6) is 0 Å². The van der Waals surface area contributed by atoms with Gasteiger partial charge in [0.2, 0.25) is 0 Å². The Morgan fingerprint density at radius 1 is 1.64 bits per heavy atom. The Labute approximate surface area is 73.8 Å². The SMILES string of the molecule is Cc1ccc(C(=O)CBr)cn1. The standard InChI is InChI=1S/C8H8BrNO/c1-6-2-3-7(5-10-6)8(11)4-9/h2-3,5H,4H2,1H3. The van der Waals surface area contributed by atoms with Gasteiger partial charge in [0.15, 0.2) is 5.78 Å². The van der Waals surface area contributed by atoms with Gasteiger partial charge in [-0.2, -0.15) is 0 Å². The Hall–Kier alpha value is -0.700. The highest BCUT2D eigenvalue weighted by Crippen LogP contribution is 2.01. The van der Waals surface area contributed by atoms with Crippen LogP contribution < -0.4 is 0 Å². The second-order valence-corrected chi connectivity index (χ2v) is 2.81. The number of carbonyl (C=O) groups is 1. The van der Waals surface area contributed by atoms with Crippen molar-refractivity contribution in [3.63, 3.8) is 0 Å². The summed E-state index contributed by atoms with van der Waals surface area (Å²) >= 11 is 3.09. The maximum absolute atomic E-state index is 11.0. The van der Waals surface area contributed by atoms with Crippen LogP contribution in [0.15, 0.2) is 18.3 Å². The van der Waals surface area contributed by atoms with Crippen LogP contribution in [0.25, 0.3) is 0 Å². The number of hydrogen-bond acceptors (Lipinski definition) is 2. The van der Waals surface area contributed by atoms with Crippen molar-refractivity contribution in [2.75, 3.05) is 5.33 Å². The van der Waals surface area contributed by atoms with Crippen molar-refractivity contribution in [3.05, 3.63) is 29.6 Å². The summed E-state index contributed by atoms with van der Waals surface area (Å²) < 4.78 is 0. The highest BCUT2D eigenvalue weighted by atomic mass is 79.9. The minimum atomic E-state index is 0.0671. The molecule has 0 saturated carbocycles. The molecule has 1 aromatic rings. The summed E-state index contributed by atoms with van der Waals surface area (Å²) in [5, 5.41) is 0.359. The summed E-state index contributed by atoms with van der Waals surface area (Å²) in [4.78, 5) is 15.0. The Bertz CT molecular complexity index is 255. The lowest BCUT2D eigenvalue weighted by atomic mass is 10.2. The summed E-state index contributed by atoms with van der Waals surface area (Å²) in [5.74, 6) is 0.0671. The lowest BCUT2D eigenvalue weighted by molar-refractivity contribution is 0.102. The molecule has 11 heavy (non-hydrogen) atoms. The second-order valence-electron chi connectivity index (χ2n) is 2.25. The Balaban J connectivity index is 2.90. The Morgan fingerprint density at radius 3 is 2.82 bits per heavy atom. The van der Waals surface area contributed by atoms with Crippen molar-refractivity contribution in [3.8, 4) is 0 Å². The topological polar surface area (TPSA) is 30.0 Å². The van der Waals surface area contributed by atoms with Gasteiger partial charge in [0, 0.05) is 17.5 Å². The molecular formula is C8H8BrNO. The maximum atomic E-state index is 11.0. The zero-order valence-corrected chi connectivity index (χ0v) is 7.76. The van der Waals surface area contributed by atoms with E-state index in [2.05, 4.69) is 20.9 Å². The molecule has 0 spiro atoms. The van der Waals surface area contributed by atoms with Gasteiger partial charge in [-0.15, -0.1) is 0 Å². The molecule has 2 nitrogen and oxygen atoms in total. The predicted molar refractivity (Wildman–Crippen MR) is 47.1 cm³/mol. The largest absolute Gasteiger partial charge is 0.293 e. The van der Waals surface area contributed by atoms with Gasteiger partial charge in [-0.1, -0.05) is 15.9 Å². The lowest BCUT2D eigenvalue weighted by Gasteiger charge is -1.95. The first-order valence-corrected chi connectivity index (χ1v) is 4.38. The van der Waals surface area contributed by atoms with Crippen molar-refractivity contribution in [2.24, 2.45) is 0 Å². The van der Waals surface area contributed by atoms with Gasteiger partial charge in [-0.05, 0) is 19.1 Å². The van der Waals surface area contributed by atoms with Crippen LogP contribution in [-0.4, -0.2) is 16.1 Å². The molecule has 0 N–H and O–H groups in total. The zero-order chi connectivity index (χ0) is 8.27. The molecular weight excluding hydrogens is 206 g/mol. The number of ketones is 1. The van der Waals surface area contributed by atoms with Crippen molar-refractivity contribution in [2.45, 2.75) is 6.92 Å². The van der Waals surface area contributed by atoms with E-state index in [0.717, 1.165) is 5.69 Å². The quantitative estimate of drug-likeness (QED) is 0.556. The van der Waals surface area contributed by atoms with Crippen molar-refractivity contribution >= 4 is 21.7 Å². The molecule has 1 heterocycles. The third kappa shape index (κ3) is 2.12. The van der Waals surface area contributed by atoms with Gasteiger partial charge in [-0.3, -0.25) is 9.78 Å². The number of pyridine rings is 1. The van der Waals surface area contributed by atoms with Crippen molar-refractivity contribution in [1.29, 1.82) is 0 Å². The number of aryl methyl sites for hydroxylation is 1. The van der Waals surface area contributed by atoms with Crippen LogP contribution in [0, 0.1) is 6.92 Å². The van der Waals surface area contributed by atoms with Gasteiger partial charge >= 0.3 is 0 Å². The molecule has 1 rings (SSSR count). The summed E-state index contributed by atoms with van der Waals surface area (Å²) in [7, 11) is 0. The molecule has 1 aromatic heterocycles. The molecule has 0 aliphatic carbocycles. The molecule has 0 fully saturated rings. The number of rotatable bonds is 2. The Morgan fingerprint density at radius 2 is 2.36 bits per heavy atom. The van der Waals surface area contributed by atoms with E-state index in [1.165, 1.54) is 0 Å². The predicted octanol–water partition coefficient (Wildman–Crippen LogP) is 1.97. The fraction of sp³-hybridized carbons (Fsp3) is 0.250. The maximum Gasteiger partial charge on any atom is 0.174 e. The minimum absolute atomic E-state index is 0.0671. The highest BCUT2D eigenvalue weighted by Gasteiger charge is 2.01. The van der Waals surface area contributed by atoms with E-state index in [1.54, 1.807) is 12.3 Å². The van der Waals surface area contributed by atoms with E-state index < -0.39 is 0 Å². The van der Waals surface area contributed by atoms with Crippen LogP contribution in [-0.2, 0) is 0 Å². The van der Waals surface area contributed by atoms with Gasteiger partial charge in [0.05, 0.1) is 5.33 Å². The molecule has 0 unspecified atom stereocenters. The fourth-order valence-corrected chi connectivity index (χ4v) is 1.03. The van der Waals surface area contributed by atoms with Gasteiger partial charge in [0.25, 0.3) is 0 Å². The van der Waals surface area contributed by atoms with E-state index in [9.17, 15) is 4.79 Å². The first-order chi connectivity index (χ1) is 5.24. The second kappa shape index (κ2) is 3.62. The molecule has 0 radical (unpaired) electrons. The highest BCUT2D eigenvalue weighted by molar-refractivity contribution is 9.09. The number of Topliss-reactive ketones (excluding diaryl/α,β-unsaturated/α-hetero) is 1. The first kappa shape index (κ1) is 8.40. The number of halogens is 1. The van der Waals surface area contributed by atoms with Gasteiger partial charge in [0.1, 0.15) is 0 Å². The number of carbonyl (C=O) groups excluding carboxylic acids is 1. The molecule has 0 saturated heterocycles. The van der Waals surface area contributed by atoms with E-state index in [4.69, 9.17) is 0 Å². The van der Waals surface area contributed by atoms with Crippen molar-refractivity contribution in [1.82, 2.24) is 4.98 Å². The molecule has 0 aromatic carbocycles. The summed E-state index contributed by atoms with van der Waals surface area (Å²) in [6.45, 7) is 1.89. The summed E-state index contributed by atoms with van der Waals surface area (Å²) in [6.07, 6.45) is 1.60. The molecule has 0 amide bonds. The van der Waals surface area contributed by atoms with E-state index in [0.29, 0.717) is 10.9 Å². The average Bonchev–Trinajstić information content (AvgIpc) is 2.05. The third-order valence-corrected chi connectivity index (χ3v) is 1.86. The fourth-order valence-electron chi connectivity index (χ4n) is 0.710. The number of hydrogen-bond donors (Lipinski definition) is 0. The van der Waals surface area contributed by atoms with E-state index in [1.807, 2.05) is 13.0 Å². The van der Waals surface area contributed by atoms with E-state index >= 15 is 0 Å². The molecule has 0 atom stereocenters. The van der Waals surface area contributed by atoms with Crippen LogP contribution >= 0.6 is 15.9 Å². The number of alkyl halides is 1. The van der Waals surface area contributed by atoms with Crippen LogP contribution in [0.4, 0.5) is 0 Å². The van der Waals surface area contributed by atoms with Crippen molar-refractivity contribution < 1.29 is 4.79 Å². The molecule has 0 aliphatic heterocycles. The molecule has 0 aliphatic rings. The zero-order valence-electron chi connectivity index (χ0n) is 6.17. The number of aromatic nitrogens is 1. The lowest BCUT2D eigenvalue weighted by Crippen LogP contribution is -2.00. The molecule has 58 valence electrons. The van der Waals surface area contributed by atoms with Crippen LogP contribution in [0.1, 0.15) is 16.1 Å².